The van der Waals surface area contributed by atoms with Gasteiger partial charge < -0.3 is 15.3 Å². The maximum Gasteiger partial charge on any atom is 0.122 e. The van der Waals surface area contributed by atoms with Gasteiger partial charge in [-0.05, 0) is 38.3 Å². The molecule has 1 aromatic heterocycles. The molecule has 0 spiro atoms. The predicted octanol–water partition coefficient (Wildman–Crippen LogP) is 1.68. The number of likely N-dealkylation sites (tertiary alicyclic amines) is 1. The highest BCUT2D eigenvalue weighted by Crippen LogP contribution is 2.29. The van der Waals surface area contributed by atoms with Gasteiger partial charge in [0.25, 0.3) is 0 Å². The first-order valence-corrected chi connectivity index (χ1v) is 6.73. The van der Waals surface area contributed by atoms with E-state index in [9.17, 15) is 5.11 Å². The minimum absolute atomic E-state index is 0.0120. The van der Waals surface area contributed by atoms with Gasteiger partial charge in [0.1, 0.15) is 11.5 Å². The lowest BCUT2D eigenvalue weighted by molar-refractivity contribution is 0.00803. The quantitative estimate of drug-likeness (QED) is 0.859. The number of hydrogen-bond donors (Lipinski definition) is 2. The van der Waals surface area contributed by atoms with E-state index in [0.717, 1.165) is 31.0 Å². The van der Waals surface area contributed by atoms with Crippen molar-refractivity contribution in [3.05, 3.63) is 23.7 Å². The molecule has 18 heavy (non-hydrogen) atoms. The van der Waals surface area contributed by atoms with Gasteiger partial charge in [0.15, 0.2) is 0 Å². The first kappa shape index (κ1) is 13.6. The standard InChI is InChI=1S/C14H24N2O2/c1-9-8-16(7-6-12(9)17)14(11(3)15)13-5-4-10(2)18-13/h4-5,9,11-12,14,17H,6-8,15H2,1-3H3. The van der Waals surface area contributed by atoms with E-state index >= 15 is 0 Å². The van der Waals surface area contributed by atoms with Crippen molar-refractivity contribution in [3.63, 3.8) is 0 Å². The molecule has 1 aliphatic rings. The highest BCUT2D eigenvalue weighted by atomic mass is 16.3. The van der Waals surface area contributed by atoms with Crippen molar-refractivity contribution in [1.29, 1.82) is 0 Å². The summed E-state index contributed by atoms with van der Waals surface area (Å²) in [5.41, 5.74) is 6.12. The molecule has 0 bridgehead atoms. The van der Waals surface area contributed by atoms with E-state index in [1.54, 1.807) is 0 Å². The fraction of sp³-hybridized carbons (Fsp3) is 0.714. The van der Waals surface area contributed by atoms with Crippen molar-refractivity contribution in [2.24, 2.45) is 11.7 Å². The number of rotatable bonds is 3. The summed E-state index contributed by atoms with van der Waals surface area (Å²) < 4.78 is 5.74. The molecule has 0 saturated carbocycles. The van der Waals surface area contributed by atoms with Crippen LogP contribution in [0.1, 0.15) is 37.8 Å². The molecule has 0 amide bonds. The van der Waals surface area contributed by atoms with Crippen LogP contribution in [0.5, 0.6) is 0 Å². The summed E-state index contributed by atoms with van der Waals surface area (Å²) in [6.07, 6.45) is 0.623. The van der Waals surface area contributed by atoms with E-state index in [2.05, 4.69) is 11.8 Å². The molecule has 4 heteroatoms. The van der Waals surface area contributed by atoms with Crippen LogP contribution < -0.4 is 5.73 Å². The third kappa shape index (κ3) is 2.76. The van der Waals surface area contributed by atoms with Crippen molar-refractivity contribution < 1.29 is 9.52 Å². The van der Waals surface area contributed by atoms with E-state index in [4.69, 9.17) is 10.2 Å². The van der Waals surface area contributed by atoms with Gasteiger partial charge in [-0.25, -0.2) is 0 Å². The summed E-state index contributed by atoms with van der Waals surface area (Å²) in [5, 5.41) is 9.81. The van der Waals surface area contributed by atoms with E-state index in [1.165, 1.54) is 0 Å². The lowest BCUT2D eigenvalue weighted by atomic mass is 9.93. The number of nitrogens with two attached hydrogens (primary N) is 1. The average molecular weight is 252 g/mol. The molecule has 1 aliphatic heterocycles. The largest absolute Gasteiger partial charge is 0.465 e. The van der Waals surface area contributed by atoms with E-state index in [0.29, 0.717) is 0 Å². The summed E-state index contributed by atoms with van der Waals surface area (Å²) in [6.45, 7) is 7.79. The van der Waals surface area contributed by atoms with Crippen LogP contribution in [0.15, 0.2) is 16.5 Å². The average Bonchev–Trinajstić information content (AvgIpc) is 2.70. The van der Waals surface area contributed by atoms with Crippen molar-refractivity contribution in [2.75, 3.05) is 13.1 Å². The van der Waals surface area contributed by atoms with Gasteiger partial charge in [-0.2, -0.15) is 0 Å². The highest BCUT2D eigenvalue weighted by Gasteiger charge is 2.32. The first-order valence-electron chi connectivity index (χ1n) is 6.73. The van der Waals surface area contributed by atoms with E-state index in [-0.39, 0.29) is 24.1 Å². The fourth-order valence-electron chi connectivity index (χ4n) is 2.80. The number of aliphatic hydroxyl groups excluding tert-OH is 1. The second-order valence-corrected chi connectivity index (χ2v) is 5.58. The number of piperidine rings is 1. The van der Waals surface area contributed by atoms with Crippen molar-refractivity contribution >= 4 is 0 Å². The van der Waals surface area contributed by atoms with Crippen LogP contribution in [0.2, 0.25) is 0 Å². The minimum Gasteiger partial charge on any atom is -0.465 e. The van der Waals surface area contributed by atoms with Gasteiger partial charge in [0, 0.05) is 19.1 Å². The summed E-state index contributed by atoms with van der Waals surface area (Å²) in [5.74, 6) is 2.14. The van der Waals surface area contributed by atoms with E-state index in [1.807, 2.05) is 26.0 Å². The lowest BCUT2D eigenvalue weighted by Crippen LogP contribution is -2.48. The topological polar surface area (TPSA) is 62.6 Å². The van der Waals surface area contributed by atoms with Crippen molar-refractivity contribution in [2.45, 2.75) is 45.4 Å². The molecule has 0 aromatic carbocycles. The Bertz CT molecular complexity index is 389. The smallest absolute Gasteiger partial charge is 0.122 e. The second kappa shape index (κ2) is 5.43. The Hall–Kier alpha value is -0.840. The molecular weight excluding hydrogens is 228 g/mol. The lowest BCUT2D eigenvalue weighted by Gasteiger charge is -2.40. The summed E-state index contributed by atoms with van der Waals surface area (Å²) >= 11 is 0. The molecule has 0 aliphatic carbocycles. The SMILES string of the molecule is Cc1ccc(C(C(C)N)N2CCC(O)C(C)C2)o1. The first-order chi connectivity index (χ1) is 8.49. The molecule has 0 radical (unpaired) electrons. The van der Waals surface area contributed by atoms with Gasteiger partial charge >= 0.3 is 0 Å². The van der Waals surface area contributed by atoms with Crippen LogP contribution in [-0.4, -0.2) is 35.2 Å². The highest BCUT2D eigenvalue weighted by molar-refractivity contribution is 5.12. The molecule has 2 rings (SSSR count). The van der Waals surface area contributed by atoms with Gasteiger partial charge in [-0.3, -0.25) is 4.90 Å². The van der Waals surface area contributed by atoms with Gasteiger partial charge in [0.2, 0.25) is 0 Å². The molecule has 4 unspecified atom stereocenters. The van der Waals surface area contributed by atoms with Crippen LogP contribution in [0.3, 0.4) is 0 Å². The Morgan fingerprint density at radius 3 is 2.72 bits per heavy atom. The Balaban J connectivity index is 2.16. The van der Waals surface area contributed by atoms with E-state index < -0.39 is 0 Å². The summed E-state index contributed by atoms with van der Waals surface area (Å²) in [6, 6.07) is 4.11. The van der Waals surface area contributed by atoms with Gasteiger partial charge in [0.05, 0.1) is 12.1 Å². The Morgan fingerprint density at radius 1 is 1.50 bits per heavy atom. The number of furan rings is 1. The van der Waals surface area contributed by atoms with Gasteiger partial charge in [-0.1, -0.05) is 6.92 Å². The molecule has 1 saturated heterocycles. The predicted molar refractivity (Wildman–Crippen MR) is 71.2 cm³/mol. The molecule has 4 nitrogen and oxygen atoms in total. The zero-order valence-corrected chi connectivity index (χ0v) is 11.5. The minimum atomic E-state index is -0.187. The zero-order chi connectivity index (χ0) is 13.3. The number of nitrogens with zero attached hydrogens (tertiary/aromatic N) is 1. The van der Waals surface area contributed by atoms with Crippen LogP contribution >= 0.6 is 0 Å². The van der Waals surface area contributed by atoms with Crippen molar-refractivity contribution in [3.8, 4) is 0 Å². The maximum absolute atomic E-state index is 9.81. The van der Waals surface area contributed by atoms with Gasteiger partial charge in [-0.15, -0.1) is 0 Å². The number of aliphatic hydroxyl groups is 1. The molecular formula is C14H24N2O2. The Labute approximate surface area is 109 Å². The van der Waals surface area contributed by atoms with Crippen LogP contribution in [0.25, 0.3) is 0 Å². The Kier molecular flexibility index (Phi) is 4.10. The second-order valence-electron chi connectivity index (χ2n) is 5.58. The summed E-state index contributed by atoms with van der Waals surface area (Å²) in [7, 11) is 0. The molecule has 2 heterocycles. The van der Waals surface area contributed by atoms with Crippen LogP contribution in [0.4, 0.5) is 0 Å². The molecule has 3 N–H and O–H groups in total. The third-order valence-corrected chi connectivity index (χ3v) is 3.84. The monoisotopic (exact) mass is 252 g/mol. The fourth-order valence-corrected chi connectivity index (χ4v) is 2.80. The maximum atomic E-state index is 9.81. The normalized spacial score (nSPS) is 29.2. The zero-order valence-electron chi connectivity index (χ0n) is 11.5. The molecule has 102 valence electrons. The Morgan fingerprint density at radius 2 is 2.22 bits per heavy atom. The molecule has 4 atom stereocenters. The van der Waals surface area contributed by atoms with Crippen LogP contribution in [-0.2, 0) is 0 Å². The van der Waals surface area contributed by atoms with Crippen molar-refractivity contribution in [1.82, 2.24) is 4.90 Å². The third-order valence-electron chi connectivity index (χ3n) is 3.84. The van der Waals surface area contributed by atoms with Crippen LogP contribution in [0, 0.1) is 12.8 Å². The number of hydrogen-bond acceptors (Lipinski definition) is 4. The molecule has 1 aromatic rings. The number of aryl methyl sites for hydroxylation is 1. The summed E-state index contributed by atoms with van der Waals surface area (Å²) in [4.78, 5) is 2.33. The molecule has 1 fully saturated rings.